The Morgan fingerprint density at radius 3 is 3.09 bits per heavy atom. The number of esters is 1. The fraction of sp³-hybridized carbons (Fsp3) is 0.154. The Balaban J connectivity index is 2.07. The third-order valence-electron chi connectivity index (χ3n) is 2.43. The number of nitrogen functional groups attached to an aromatic ring is 1. The fourth-order valence-corrected chi connectivity index (χ4v) is 2.37. The largest absolute Gasteiger partial charge is 0.481 e. The van der Waals surface area contributed by atoms with Crippen molar-refractivity contribution < 1.29 is 14.3 Å². The molecule has 0 fully saturated rings. The number of carbonyl (C=O) groups excluding carboxylic acids is 1. The molecule has 0 saturated carbocycles. The van der Waals surface area contributed by atoms with Gasteiger partial charge in [0.05, 0.1) is 13.3 Å². The summed E-state index contributed by atoms with van der Waals surface area (Å²) < 4.78 is 10.8. The summed E-state index contributed by atoms with van der Waals surface area (Å²) in [6.45, 7) is -0.171. The highest BCUT2D eigenvalue weighted by atomic mass is 79.9. The molecule has 116 valence electrons. The lowest BCUT2D eigenvalue weighted by atomic mass is 10.2. The maximum atomic E-state index is 11.1. The van der Waals surface area contributed by atoms with Crippen molar-refractivity contribution in [2.24, 2.45) is 5.10 Å². The average Bonchev–Trinajstić information content (AvgIpc) is 2.91. The molecule has 0 aliphatic carbocycles. The van der Waals surface area contributed by atoms with E-state index in [1.165, 1.54) is 18.4 Å². The van der Waals surface area contributed by atoms with Crippen LogP contribution < -0.4 is 15.9 Å². The Morgan fingerprint density at radius 2 is 2.41 bits per heavy atom. The van der Waals surface area contributed by atoms with Gasteiger partial charge in [-0.15, -0.1) is 11.3 Å². The highest BCUT2D eigenvalue weighted by Gasteiger charge is 2.06. The zero-order valence-electron chi connectivity index (χ0n) is 11.6. The Labute approximate surface area is 139 Å². The summed E-state index contributed by atoms with van der Waals surface area (Å²) >= 11 is 4.72. The molecule has 2 aromatic rings. The van der Waals surface area contributed by atoms with E-state index in [-0.39, 0.29) is 6.61 Å². The molecule has 0 aliphatic heterocycles. The average molecular weight is 385 g/mol. The number of anilines is 2. The maximum absolute atomic E-state index is 11.1. The van der Waals surface area contributed by atoms with Crippen molar-refractivity contribution in [1.29, 1.82) is 0 Å². The van der Waals surface area contributed by atoms with Gasteiger partial charge in [-0.2, -0.15) is 5.10 Å². The number of nitrogens with two attached hydrogens (primary N) is 1. The summed E-state index contributed by atoms with van der Waals surface area (Å²) in [6, 6.07) is 5.35. The summed E-state index contributed by atoms with van der Waals surface area (Å²) in [6.07, 6.45) is 1.56. The Hall–Kier alpha value is -2.13. The van der Waals surface area contributed by atoms with Crippen molar-refractivity contribution in [3.05, 3.63) is 33.6 Å². The van der Waals surface area contributed by atoms with Gasteiger partial charge in [0.1, 0.15) is 11.6 Å². The number of hydrogen-bond acceptors (Lipinski definition) is 8. The van der Waals surface area contributed by atoms with E-state index in [9.17, 15) is 4.79 Å². The number of halogens is 1. The molecule has 0 saturated heterocycles. The van der Waals surface area contributed by atoms with Crippen molar-refractivity contribution in [1.82, 2.24) is 4.98 Å². The quantitative estimate of drug-likeness (QED) is 0.450. The summed E-state index contributed by atoms with van der Waals surface area (Å²) in [5.74, 6) is 0.493. The van der Waals surface area contributed by atoms with Crippen LogP contribution in [0.15, 0.2) is 33.2 Å². The van der Waals surface area contributed by atoms with Gasteiger partial charge in [-0.1, -0.05) is 15.9 Å². The Kier molecular flexibility index (Phi) is 5.73. The van der Waals surface area contributed by atoms with Crippen LogP contribution >= 0.6 is 27.3 Å². The van der Waals surface area contributed by atoms with E-state index in [4.69, 9.17) is 10.5 Å². The predicted octanol–water partition coefficient (Wildman–Crippen LogP) is 2.49. The van der Waals surface area contributed by atoms with Crippen LogP contribution in [0.2, 0.25) is 0 Å². The fourth-order valence-electron chi connectivity index (χ4n) is 1.44. The number of carbonyl (C=O) groups is 1. The number of nitrogens with one attached hydrogen (secondary N) is 1. The van der Waals surface area contributed by atoms with Crippen molar-refractivity contribution >= 4 is 50.4 Å². The van der Waals surface area contributed by atoms with Crippen LogP contribution in [-0.4, -0.2) is 30.9 Å². The first kappa shape index (κ1) is 16.2. The molecular formula is C13H13BrN4O3S. The molecule has 7 nitrogen and oxygen atoms in total. The molecule has 3 N–H and O–H groups in total. The normalized spacial score (nSPS) is 10.6. The summed E-state index contributed by atoms with van der Waals surface area (Å²) in [5.41, 5.74) is 8.99. The minimum absolute atomic E-state index is 0.171. The van der Waals surface area contributed by atoms with Crippen molar-refractivity contribution in [2.45, 2.75) is 0 Å². The standard InChI is InChI=1S/C13H13BrN4O3S/c1-20-12(19)6-21-10-3-2-9(14)4-8(10)5-16-18-13-17-11(15)7-22-13/h2-5,7H,6,15H2,1H3,(H,17,18). The topological polar surface area (TPSA) is 98.8 Å². The number of ether oxygens (including phenoxy) is 2. The van der Waals surface area contributed by atoms with Gasteiger partial charge in [0.2, 0.25) is 5.13 Å². The summed E-state index contributed by atoms with van der Waals surface area (Å²) in [5, 5.41) is 6.37. The second kappa shape index (κ2) is 7.76. The molecular weight excluding hydrogens is 372 g/mol. The number of aromatic nitrogens is 1. The number of hydrogen-bond donors (Lipinski definition) is 2. The van der Waals surface area contributed by atoms with E-state index in [1.54, 1.807) is 23.7 Å². The summed E-state index contributed by atoms with van der Waals surface area (Å²) in [4.78, 5) is 15.2. The number of methoxy groups -OCH3 is 1. The van der Waals surface area contributed by atoms with Gasteiger partial charge in [-0.05, 0) is 18.2 Å². The van der Waals surface area contributed by atoms with E-state index in [1.807, 2.05) is 6.07 Å². The van der Waals surface area contributed by atoms with Crippen LogP contribution in [0.25, 0.3) is 0 Å². The van der Waals surface area contributed by atoms with Gasteiger partial charge in [-0.3, -0.25) is 5.43 Å². The predicted molar refractivity (Wildman–Crippen MR) is 89.4 cm³/mol. The summed E-state index contributed by atoms with van der Waals surface area (Å²) in [7, 11) is 1.30. The van der Waals surface area contributed by atoms with E-state index in [2.05, 4.69) is 36.2 Å². The highest BCUT2D eigenvalue weighted by molar-refractivity contribution is 9.10. The third kappa shape index (κ3) is 4.71. The SMILES string of the molecule is COC(=O)COc1ccc(Br)cc1C=NNc1nc(N)cs1. The number of nitrogens with zero attached hydrogens (tertiary/aromatic N) is 2. The van der Waals surface area contributed by atoms with E-state index in [0.717, 1.165) is 4.47 Å². The molecule has 0 atom stereocenters. The zero-order chi connectivity index (χ0) is 15.9. The molecule has 9 heteroatoms. The molecule has 0 unspecified atom stereocenters. The molecule has 1 aromatic carbocycles. The molecule has 22 heavy (non-hydrogen) atoms. The molecule has 0 spiro atoms. The van der Waals surface area contributed by atoms with Gasteiger partial charge < -0.3 is 15.2 Å². The number of rotatable bonds is 6. The molecule has 0 aliphatic rings. The van der Waals surface area contributed by atoms with Gasteiger partial charge in [-0.25, -0.2) is 9.78 Å². The monoisotopic (exact) mass is 384 g/mol. The first-order valence-electron chi connectivity index (χ1n) is 6.07. The zero-order valence-corrected chi connectivity index (χ0v) is 14.0. The maximum Gasteiger partial charge on any atom is 0.343 e. The number of thiazole rings is 1. The molecule has 1 heterocycles. The number of benzene rings is 1. The Bertz CT molecular complexity index is 690. The van der Waals surface area contributed by atoms with Crippen LogP contribution in [0.3, 0.4) is 0 Å². The molecule has 0 bridgehead atoms. The molecule has 2 rings (SSSR count). The molecule has 0 amide bonds. The van der Waals surface area contributed by atoms with Crippen molar-refractivity contribution in [3.8, 4) is 5.75 Å². The second-order valence-corrected chi connectivity index (χ2v) is 5.77. The van der Waals surface area contributed by atoms with E-state index < -0.39 is 5.97 Å². The van der Waals surface area contributed by atoms with Crippen LogP contribution in [-0.2, 0) is 9.53 Å². The van der Waals surface area contributed by atoms with Crippen LogP contribution in [0.5, 0.6) is 5.75 Å². The van der Waals surface area contributed by atoms with Crippen molar-refractivity contribution in [2.75, 3.05) is 24.9 Å². The van der Waals surface area contributed by atoms with E-state index in [0.29, 0.717) is 22.3 Å². The lowest BCUT2D eigenvalue weighted by Crippen LogP contribution is -2.13. The Morgan fingerprint density at radius 1 is 1.59 bits per heavy atom. The number of hydrazone groups is 1. The van der Waals surface area contributed by atoms with Crippen LogP contribution in [0, 0.1) is 0 Å². The lowest BCUT2D eigenvalue weighted by Gasteiger charge is -2.08. The minimum Gasteiger partial charge on any atom is -0.481 e. The van der Waals surface area contributed by atoms with E-state index >= 15 is 0 Å². The van der Waals surface area contributed by atoms with Crippen LogP contribution in [0.4, 0.5) is 10.9 Å². The molecule has 1 aromatic heterocycles. The first-order valence-corrected chi connectivity index (χ1v) is 7.75. The van der Waals surface area contributed by atoms with Gasteiger partial charge >= 0.3 is 5.97 Å². The lowest BCUT2D eigenvalue weighted by molar-refractivity contribution is -0.142. The third-order valence-corrected chi connectivity index (χ3v) is 3.69. The van der Waals surface area contributed by atoms with Crippen LogP contribution in [0.1, 0.15) is 5.56 Å². The van der Waals surface area contributed by atoms with Gasteiger partial charge in [0.15, 0.2) is 6.61 Å². The van der Waals surface area contributed by atoms with Gasteiger partial charge in [0, 0.05) is 15.4 Å². The molecule has 0 radical (unpaired) electrons. The van der Waals surface area contributed by atoms with Gasteiger partial charge in [0.25, 0.3) is 0 Å². The van der Waals surface area contributed by atoms with Crippen molar-refractivity contribution in [3.63, 3.8) is 0 Å². The first-order chi connectivity index (χ1) is 10.6. The second-order valence-electron chi connectivity index (χ2n) is 3.99. The minimum atomic E-state index is -0.456. The smallest absolute Gasteiger partial charge is 0.343 e. The highest BCUT2D eigenvalue weighted by Crippen LogP contribution is 2.22.